The zero-order valence-electron chi connectivity index (χ0n) is 21.5. The molecule has 0 aliphatic carbocycles. The second-order valence-electron chi connectivity index (χ2n) is 8.85. The number of benzene rings is 2. The van der Waals surface area contributed by atoms with E-state index in [2.05, 4.69) is 5.32 Å². The monoisotopic (exact) mass is 501 g/mol. The van der Waals surface area contributed by atoms with Gasteiger partial charge >= 0.3 is 0 Å². The quantitative estimate of drug-likeness (QED) is 0.453. The maximum absolute atomic E-state index is 13.6. The molecule has 2 aromatic rings. The molecule has 8 heteroatoms. The number of aryl methyl sites for hydroxylation is 1. The number of amides is 2. The molecule has 0 saturated carbocycles. The van der Waals surface area contributed by atoms with Crippen molar-refractivity contribution in [2.75, 3.05) is 23.7 Å². The van der Waals surface area contributed by atoms with Crippen LogP contribution < -0.4 is 9.62 Å². The summed E-state index contributed by atoms with van der Waals surface area (Å²) in [6.07, 6.45) is 3.68. The Morgan fingerprint density at radius 1 is 0.914 bits per heavy atom. The molecule has 7 nitrogen and oxygen atoms in total. The first-order valence-corrected chi connectivity index (χ1v) is 14.2. The predicted molar refractivity (Wildman–Crippen MR) is 142 cm³/mol. The summed E-state index contributed by atoms with van der Waals surface area (Å²) in [5.41, 5.74) is 2.54. The van der Waals surface area contributed by atoms with Crippen LogP contribution in [0.25, 0.3) is 0 Å². The minimum Gasteiger partial charge on any atom is -0.352 e. The van der Waals surface area contributed by atoms with Crippen LogP contribution in [0.1, 0.15) is 51.7 Å². The van der Waals surface area contributed by atoms with Gasteiger partial charge in [-0.1, -0.05) is 63.2 Å². The van der Waals surface area contributed by atoms with Crippen LogP contribution in [0.3, 0.4) is 0 Å². The highest BCUT2D eigenvalue weighted by Crippen LogP contribution is 2.20. The van der Waals surface area contributed by atoms with Gasteiger partial charge in [-0.15, -0.1) is 0 Å². The van der Waals surface area contributed by atoms with Crippen molar-refractivity contribution >= 4 is 27.5 Å². The van der Waals surface area contributed by atoms with Gasteiger partial charge in [0.1, 0.15) is 12.6 Å². The topological polar surface area (TPSA) is 86.8 Å². The van der Waals surface area contributed by atoms with Gasteiger partial charge in [0, 0.05) is 12.6 Å². The minimum atomic E-state index is -3.72. The molecule has 0 bridgehead atoms. The van der Waals surface area contributed by atoms with Crippen molar-refractivity contribution in [3.05, 3.63) is 65.7 Å². The Kier molecular flexibility index (Phi) is 10.8. The predicted octanol–water partition coefficient (Wildman–Crippen LogP) is 3.78. The van der Waals surface area contributed by atoms with Crippen molar-refractivity contribution in [3.8, 4) is 0 Å². The second-order valence-corrected chi connectivity index (χ2v) is 10.8. The Bertz CT molecular complexity index is 1060. The van der Waals surface area contributed by atoms with Crippen molar-refractivity contribution in [2.24, 2.45) is 0 Å². The third kappa shape index (κ3) is 8.38. The summed E-state index contributed by atoms with van der Waals surface area (Å²) in [6.45, 7) is 7.73. The second kappa shape index (κ2) is 13.3. The fourth-order valence-corrected chi connectivity index (χ4v) is 4.70. The number of carbonyl (C=O) groups is 2. The highest BCUT2D eigenvalue weighted by atomic mass is 32.2. The van der Waals surface area contributed by atoms with Gasteiger partial charge in [-0.3, -0.25) is 13.9 Å². The zero-order valence-corrected chi connectivity index (χ0v) is 22.3. The van der Waals surface area contributed by atoms with Crippen LogP contribution in [0.5, 0.6) is 0 Å². The number of hydrogen-bond acceptors (Lipinski definition) is 4. The Labute approximate surface area is 210 Å². The molecule has 2 amide bonds. The molecule has 0 fully saturated rings. The lowest BCUT2D eigenvalue weighted by Gasteiger charge is -2.33. The molecule has 0 saturated heterocycles. The van der Waals surface area contributed by atoms with Crippen LogP contribution in [0.2, 0.25) is 0 Å². The fraction of sp³-hybridized carbons (Fsp3) is 0.481. The van der Waals surface area contributed by atoms with Crippen LogP contribution >= 0.6 is 0 Å². The standard InChI is InChI=1S/C27H39N3O4S/c1-6-21(4)28-27(32)25(8-3)29(19-18-23-12-10-9-11-13-23)26(31)20-30(35(5,33)34)24-16-14-22(7-2)15-17-24/h9-17,21,25H,6-8,18-20H2,1-5H3,(H,28,32)/t21-,25+/m1/s1. The Hall–Kier alpha value is -2.87. The third-order valence-electron chi connectivity index (χ3n) is 6.18. The Morgan fingerprint density at radius 2 is 1.54 bits per heavy atom. The van der Waals surface area contributed by atoms with E-state index < -0.39 is 22.0 Å². The minimum absolute atomic E-state index is 0.0211. The van der Waals surface area contributed by atoms with E-state index in [0.29, 0.717) is 25.1 Å². The smallest absolute Gasteiger partial charge is 0.244 e. The molecular formula is C27H39N3O4S. The first-order valence-electron chi connectivity index (χ1n) is 12.3. The largest absolute Gasteiger partial charge is 0.352 e. The van der Waals surface area contributed by atoms with Crippen LogP contribution in [0.15, 0.2) is 54.6 Å². The van der Waals surface area contributed by atoms with Crippen molar-refractivity contribution in [3.63, 3.8) is 0 Å². The maximum atomic E-state index is 13.6. The molecule has 2 aromatic carbocycles. The Balaban J connectivity index is 2.35. The molecule has 1 N–H and O–H groups in total. The van der Waals surface area contributed by atoms with Crippen molar-refractivity contribution in [1.82, 2.24) is 10.2 Å². The number of anilines is 1. The molecule has 0 spiro atoms. The highest BCUT2D eigenvalue weighted by molar-refractivity contribution is 7.92. The average molecular weight is 502 g/mol. The molecule has 0 aliphatic heterocycles. The summed E-state index contributed by atoms with van der Waals surface area (Å²) in [6, 6.07) is 16.2. The first-order chi connectivity index (χ1) is 16.6. The summed E-state index contributed by atoms with van der Waals surface area (Å²) in [5, 5.41) is 2.98. The summed E-state index contributed by atoms with van der Waals surface area (Å²) in [7, 11) is -3.72. The lowest BCUT2D eigenvalue weighted by Crippen LogP contribution is -2.54. The molecule has 192 valence electrons. The summed E-state index contributed by atoms with van der Waals surface area (Å²) >= 11 is 0. The van der Waals surface area contributed by atoms with Crippen LogP contribution in [-0.4, -0.2) is 56.6 Å². The van der Waals surface area contributed by atoms with E-state index in [1.54, 1.807) is 12.1 Å². The van der Waals surface area contributed by atoms with Gasteiger partial charge in [0.05, 0.1) is 11.9 Å². The number of hydrogen-bond donors (Lipinski definition) is 1. The molecule has 0 unspecified atom stereocenters. The molecule has 0 radical (unpaired) electrons. The number of carbonyl (C=O) groups excluding carboxylic acids is 2. The fourth-order valence-electron chi connectivity index (χ4n) is 3.85. The molecule has 0 heterocycles. The van der Waals surface area contributed by atoms with Crippen molar-refractivity contribution in [1.29, 1.82) is 0 Å². The number of nitrogens with one attached hydrogen (secondary N) is 1. The van der Waals surface area contributed by atoms with E-state index in [1.165, 1.54) is 4.90 Å². The highest BCUT2D eigenvalue weighted by Gasteiger charge is 2.31. The number of rotatable bonds is 13. The molecule has 2 rings (SSSR count). The molecule has 2 atom stereocenters. The van der Waals surface area contributed by atoms with Gasteiger partial charge in [0.25, 0.3) is 0 Å². The third-order valence-corrected chi connectivity index (χ3v) is 7.32. The van der Waals surface area contributed by atoms with Gasteiger partial charge in [-0.2, -0.15) is 0 Å². The molecule has 35 heavy (non-hydrogen) atoms. The lowest BCUT2D eigenvalue weighted by atomic mass is 10.1. The van der Waals surface area contributed by atoms with Gasteiger partial charge in [-0.25, -0.2) is 8.42 Å². The molecule has 0 aromatic heterocycles. The summed E-state index contributed by atoms with van der Waals surface area (Å²) in [5.74, 6) is -0.626. The molecule has 0 aliphatic rings. The summed E-state index contributed by atoms with van der Waals surface area (Å²) in [4.78, 5) is 28.2. The van der Waals surface area contributed by atoms with Crippen LogP contribution in [0.4, 0.5) is 5.69 Å². The van der Waals surface area contributed by atoms with Gasteiger partial charge in [0.15, 0.2) is 0 Å². The zero-order chi connectivity index (χ0) is 26.0. The van der Waals surface area contributed by atoms with Crippen LogP contribution in [0, 0.1) is 0 Å². The van der Waals surface area contributed by atoms with E-state index in [-0.39, 0.29) is 18.5 Å². The average Bonchev–Trinajstić information content (AvgIpc) is 2.84. The normalized spacial score (nSPS) is 13.1. The van der Waals surface area contributed by atoms with E-state index >= 15 is 0 Å². The van der Waals surface area contributed by atoms with Gasteiger partial charge < -0.3 is 10.2 Å². The van der Waals surface area contributed by atoms with Crippen molar-refractivity contribution in [2.45, 2.75) is 65.5 Å². The van der Waals surface area contributed by atoms with Gasteiger partial charge in [-0.05, 0) is 55.9 Å². The maximum Gasteiger partial charge on any atom is 0.244 e. The van der Waals surface area contributed by atoms with Crippen LogP contribution in [-0.2, 0) is 32.5 Å². The van der Waals surface area contributed by atoms with E-state index in [4.69, 9.17) is 0 Å². The number of sulfonamides is 1. The van der Waals surface area contributed by atoms with E-state index in [0.717, 1.165) is 34.5 Å². The Morgan fingerprint density at radius 3 is 2.06 bits per heavy atom. The summed E-state index contributed by atoms with van der Waals surface area (Å²) < 4.78 is 26.4. The number of nitrogens with zero attached hydrogens (tertiary/aromatic N) is 2. The molecular weight excluding hydrogens is 462 g/mol. The van der Waals surface area contributed by atoms with Crippen molar-refractivity contribution < 1.29 is 18.0 Å². The van der Waals surface area contributed by atoms with E-state index in [9.17, 15) is 18.0 Å². The van der Waals surface area contributed by atoms with E-state index in [1.807, 2.05) is 70.2 Å². The first kappa shape index (κ1) is 28.4. The van der Waals surface area contributed by atoms with Gasteiger partial charge in [0.2, 0.25) is 21.8 Å². The lowest BCUT2D eigenvalue weighted by molar-refractivity contribution is -0.139. The SMILES string of the molecule is CCc1ccc(N(CC(=O)N(CCc2ccccc2)[C@@H](CC)C(=O)N[C@H](C)CC)S(C)(=O)=O)cc1.